The summed E-state index contributed by atoms with van der Waals surface area (Å²) < 4.78 is 12.6. The summed E-state index contributed by atoms with van der Waals surface area (Å²) in [5.74, 6) is -0.467. The van der Waals surface area contributed by atoms with E-state index in [1.807, 2.05) is 0 Å². The number of hydrogen-bond acceptors (Lipinski definition) is 2. The van der Waals surface area contributed by atoms with Crippen LogP contribution in [0.4, 0.5) is 4.39 Å². The summed E-state index contributed by atoms with van der Waals surface area (Å²) in [5, 5.41) is 10.5. The molecule has 0 radical (unpaired) electrons. The monoisotopic (exact) mass is 215 g/mol. The van der Waals surface area contributed by atoms with Crippen LogP contribution < -0.4 is 0 Å². The van der Waals surface area contributed by atoms with Gasteiger partial charge in [-0.25, -0.2) is 4.39 Å². The highest BCUT2D eigenvalue weighted by Gasteiger charge is 2.05. The van der Waals surface area contributed by atoms with Crippen LogP contribution in [0.15, 0.2) is 23.9 Å². The third-order valence-corrected chi connectivity index (χ3v) is 1.94. The van der Waals surface area contributed by atoms with E-state index in [1.165, 1.54) is 25.1 Å². The highest BCUT2D eigenvalue weighted by Crippen LogP contribution is 2.19. The second-order valence-corrected chi connectivity index (χ2v) is 3.12. The minimum atomic E-state index is -0.528. The van der Waals surface area contributed by atoms with Gasteiger partial charge in [-0.15, -0.1) is 0 Å². The Labute approximate surface area is 85.0 Å². The van der Waals surface area contributed by atoms with E-state index in [0.717, 1.165) is 6.07 Å². The molecule has 14 heavy (non-hydrogen) atoms. The fourth-order valence-electron chi connectivity index (χ4n) is 0.896. The Morgan fingerprint density at radius 3 is 2.79 bits per heavy atom. The summed E-state index contributed by atoms with van der Waals surface area (Å²) in [4.78, 5) is 9.77. The lowest BCUT2D eigenvalue weighted by atomic mass is 10.2. The van der Waals surface area contributed by atoms with Crippen LogP contribution >= 0.6 is 11.6 Å². The first-order valence-corrected chi connectivity index (χ1v) is 4.16. The molecule has 5 heteroatoms. The highest BCUT2D eigenvalue weighted by atomic mass is 35.5. The minimum Gasteiger partial charge on any atom is -0.259 e. The molecule has 3 nitrogen and oxygen atoms in total. The second-order valence-electron chi connectivity index (χ2n) is 2.71. The summed E-state index contributed by atoms with van der Waals surface area (Å²) in [6, 6.07) is 3.70. The maximum Gasteiger partial charge on any atom is 0.243 e. The fourth-order valence-corrected chi connectivity index (χ4v) is 1.12. The Kier molecular flexibility index (Phi) is 3.19. The molecule has 0 aliphatic rings. The minimum absolute atomic E-state index is 0.0430. The predicted molar refractivity (Wildman–Crippen MR) is 52.1 cm³/mol. The molecule has 0 aliphatic heterocycles. The van der Waals surface area contributed by atoms with Crippen molar-refractivity contribution in [2.24, 2.45) is 0 Å². The average molecular weight is 216 g/mol. The van der Waals surface area contributed by atoms with Gasteiger partial charge in [0, 0.05) is 13.0 Å². The summed E-state index contributed by atoms with van der Waals surface area (Å²) >= 11 is 5.67. The zero-order chi connectivity index (χ0) is 10.7. The number of allylic oxidation sites excluding steroid dienone is 1. The van der Waals surface area contributed by atoms with Gasteiger partial charge in [-0.2, -0.15) is 0 Å². The zero-order valence-electron chi connectivity index (χ0n) is 7.33. The molecule has 0 atom stereocenters. The molecule has 1 aromatic carbocycles. The molecule has 0 N–H and O–H groups in total. The van der Waals surface area contributed by atoms with Crippen molar-refractivity contribution in [2.75, 3.05) is 0 Å². The van der Waals surface area contributed by atoms with Crippen LogP contribution in [0.5, 0.6) is 0 Å². The van der Waals surface area contributed by atoms with E-state index in [-0.39, 0.29) is 10.7 Å². The molecule has 1 aromatic rings. The Hall–Kier alpha value is -1.42. The van der Waals surface area contributed by atoms with Crippen molar-refractivity contribution in [3.05, 3.63) is 50.4 Å². The normalized spacial score (nSPS) is 11.5. The summed E-state index contributed by atoms with van der Waals surface area (Å²) in [6.07, 6.45) is 1.29. The molecule has 0 aliphatic carbocycles. The van der Waals surface area contributed by atoms with Crippen LogP contribution in [0.3, 0.4) is 0 Å². The van der Waals surface area contributed by atoms with Crippen molar-refractivity contribution >= 4 is 17.7 Å². The molecular weight excluding hydrogens is 209 g/mol. The number of benzene rings is 1. The highest BCUT2D eigenvalue weighted by molar-refractivity contribution is 6.32. The fraction of sp³-hybridized carbons (Fsp3) is 0.111. The Balaban J connectivity index is 3.09. The quantitative estimate of drug-likeness (QED) is 0.562. The van der Waals surface area contributed by atoms with Crippen molar-refractivity contribution in [1.82, 2.24) is 0 Å². The molecule has 0 heterocycles. The maximum absolute atomic E-state index is 12.6. The van der Waals surface area contributed by atoms with E-state index in [2.05, 4.69) is 0 Å². The molecule has 1 rings (SSSR count). The van der Waals surface area contributed by atoms with Gasteiger partial charge in [-0.1, -0.05) is 17.7 Å². The third kappa shape index (κ3) is 2.53. The predicted octanol–water partition coefficient (Wildman–Crippen LogP) is 3.12. The van der Waals surface area contributed by atoms with Gasteiger partial charge in [0.2, 0.25) is 5.70 Å². The number of nitrogens with zero attached hydrogens (tertiary/aromatic N) is 1. The zero-order valence-corrected chi connectivity index (χ0v) is 8.08. The summed E-state index contributed by atoms with van der Waals surface area (Å²) in [5.41, 5.74) is 0.390. The first-order chi connectivity index (χ1) is 6.50. The topological polar surface area (TPSA) is 43.1 Å². The standard InChI is InChI=1S/C9H7ClFNO2/c1-6(12(13)14)4-7-2-3-8(11)5-9(7)10/h2-5H,1H3. The van der Waals surface area contributed by atoms with E-state index < -0.39 is 10.7 Å². The van der Waals surface area contributed by atoms with Crippen LogP contribution in [0, 0.1) is 15.9 Å². The van der Waals surface area contributed by atoms with Gasteiger partial charge in [0.25, 0.3) is 0 Å². The number of halogens is 2. The van der Waals surface area contributed by atoms with Crippen LogP contribution in [0.25, 0.3) is 6.08 Å². The molecule has 74 valence electrons. The molecule has 0 spiro atoms. The van der Waals surface area contributed by atoms with Crippen molar-refractivity contribution in [3.63, 3.8) is 0 Å². The van der Waals surface area contributed by atoms with Crippen LogP contribution in [0.1, 0.15) is 12.5 Å². The van der Waals surface area contributed by atoms with E-state index in [4.69, 9.17) is 11.6 Å². The van der Waals surface area contributed by atoms with E-state index in [1.54, 1.807) is 0 Å². The largest absolute Gasteiger partial charge is 0.259 e. The molecule has 0 amide bonds. The van der Waals surface area contributed by atoms with Gasteiger partial charge in [-0.3, -0.25) is 10.1 Å². The Morgan fingerprint density at radius 1 is 1.64 bits per heavy atom. The van der Waals surface area contributed by atoms with Gasteiger partial charge < -0.3 is 0 Å². The second kappa shape index (κ2) is 4.19. The number of hydrogen-bond donors (Lipinski definition) is 0. The summed E-state index contributed by atoms with van der Waals surface area (Å²) in [6.45, 7) is 1.35. The molecule has 0 bridgehead atoms. The first kappa shape index (κ1) is 10.7. The van der Waals surface area contributed by atoms with Crippen molar-refractivity contribution in [3.8, 4) is 0 Å². The lowest BCUT2D eigenvalue weighted by Gasteiger charge is -1.97. The Morgan fingerprint density at radius 2 is 2.29 bits per heavy atom. The Bertz CT molecular complexity index is 404. The van der Waals surface area contributed by atoms with Gasteiger partial charge in [-0.05, 0) is 17.7 Å². The van der Waals surface area contributed by atoms with E-state index in [0.29, 0.717) is 5.56 Å². The third-order valence-electron chi connectivity index (χ3n) is 1.61. The van der Waals surface area contributed by atoms with Crippen molar-refractivity contribution < 1.29 is 9.31 Å². The molecular formula is C9H7ClFNO2. The lowest BCUT2D eigenvalue weighted by Crippen LogP contribution is -1.93. The van der Waals surface area contributed by atoms with E-state index in [9.17, 15) is 14.5 Å². The van der Waals surface area contributed by atoms with Gasteiger partial charge in [0.15, 0.2) is 0 Å². The summed E-state index contributed by atoms with van der Waals surface area (Å²) in [7, 11) is 0. The molecule has 0 saturated carbocycles. The SMILES string of the molecule is CC(=Cc1ccc(F)cc1Cl)[N+](=O)[O-]. The lowest BCUT2D eigenvalue weighted by molar-refractivity contribution is -0.422. The number of nitro groups is 1. The van der Waals surface area contributed by atoms with Gasteiger partial charge in [0.1, 0.15) is 5.82 Å². The van der Waals surface area contributed by atoms with Crippen LogP contribution in [-0.4, -0.2) is 4.92 Å². The van der Waals surface area contributed by atoms with Crippen LogP contribution in [0.2, 0.25) is 5.02 Å². The van der Waals surface area contributed by atoms with Crippen molar-refractivity contribution in [2.45, 2.75) is 6.92 Å². The van der Waals surface area contributed by atoms with Crippen LogP contribution in [-0.2, 0) is 0 Å². The maximum atomic E-state index is 12.6. The smallest absolute Gasteiger partial charge is 0.243 e. The molecule has 0 saturated heterocycles. The van der Waals surface area contributed by atoms with Crippen molar-refractivity contribution in [1.29, 1.82) is 0 Å². The molecule has 0 aromatic heterocycles. The molecule has 0 fully saturated rings. The van der Waals surface area contributed by atoms with E-state index >= 15 is 0 Å². The van der Waals surface area contributed by atoms with Gasteiger partial charge >= 0.3 is 0 Å². The first-order valence-electron chi connectivity index (χ1n) is 3.78. The van der Waals surface area contributed by atoms with Gasteiger partial charge in [0.05, 0.1) is 9.95 Å². The number of rotatable bonds is 2. The average Bonchev–Trinajstić information content (AvgIpc) is 2.09. The molecule has 0 unspecified atom stereocenters.